The molecule has 1 aromatic rings. The minimum absolute atomic E-state index is 0.0664. The summed E-state index contributed by atoms with van der Waals surface area (Å²) >= 11 is 0. The Kier molecular flexibility index (Phi) is 7.24. The monoisotopic (exact) mass is 372 g/mol. The second-order valence-corrected chi connectivity index (χ2v) is 7.63. The Morgan fingerprint density at radius 1 is 0.963 bits per heavy atom. The zero-order valence-electron chi connectivity index (χ0n) is 16.4. The third kappa shape index (κ3) is 5.78. The van der Waals surface area contributed by atoms with Gasteiger partial charge in [0.25, 0.3) is 0 Å². The summed E-state index contributed by atoms with van der Waals surface area (Å²) in [6, 6.07) is 9.83. The van der Waals surface area contributed by atoms with Gasteiger partial charge in [0, 0.05) is 45.8 Å². The molecule has 2 aliphatic rings. The lowest BCUT2D eigenvalue weighted by Crippen LogP contribution is -2.55. The van der Waals surface area contributed by atoms with Gasteiger partial charge in [-0.25, -0.2) is 0 Å². The number of piperazine rings is 1. The summed E-state index contributed by atoms with van der Waals surface area (Å²) in [7, 11) is 0. The molecule has 0 aromatic heterocycles. The fourth-order valence-electron chi connectivity index (χ4n) is 3.84. The summed E-state index contributed by atoms with van der Waals surface area (Å²) in [5.41, 5.74) is 1.11. The first kappa shape index (κ1) is 19.8. The predicted molar refractivity (Wildman–Crippen MR) is 106 cm³/mol. The Morgan fingerprint density at radius 3 is 2.30 bits per heavy atom. The Hall–Kier alpha value is -1.92. The topological polar surface area (TPSA) is 55.9 Å². The van der Waals surface area contributed by atoms with Crippen LogP contribution in [0.15, 0.2) is 30.3 Å². The molecule has 1 atom stereocenters. The molecule has 2 aliphatic heterocycles. The quantitative estimate of drug-likeness (QED) is 0.818. The fraction of sp³-hybridized carbons (Fsp3) is 0.619. The van der Waals surface area contributed by atoms with Crippen molar-refractivity contribution < 1.29 is 9.59 Å². The van der Waals surface area contributed by atoms with Gasteiger partial charge in [-0.3, -0.25) is 19.4 Å². The van der Waals surface area contributed by atoms with E-state index in [1.807, 2.05) is 42.2 Å². The molecule has 3 rings (SSSR count). The predicted octanol–water partition coefficient (Wildman–Crippen LogP) is 1.32. The molecule has 6 nitrogen and oxygen atoms in total. The van der Waals surface area contributed by atoms with E-state index in [0.717, 1.165) is 57.7 Å². The molecule has 0 unspecified atom stereocenters. The first-order valence-corrected chi connectivity index (χ1v) is 10.2. The van der Waals surface area contributed by atoms with E-state index < -0.39 is 0 Å². The fourth-order valence-corrected chi connectivity index (χ4v) is 3.84. The molecule has 0 aliphatic carbocycles. The molecule has 2 saturated heterocycles. The Bertz CT molecular complexity index is 608. The van der Waals surface area contributed by atoms with Gasteiger partial charge in [-0.1, -0.05) is 30.3 Å². The van der Waals surface area contributed by atoms with Crippen molar-refractivity contribution in [1.29, 1.82) is 0 Å². The van der Waals surface area contributed by atoms with Gasteiger partial charge in [0.15, 0.2) is 0 Å². The van der Waals surface area contributed by atoms with Crippen LogP contribution in [0.5, 0.6) is 0 Å². The Balaban J connectivity index is 1.38. The van der Waals surface area contributed by atoms with Crippen molar-refractivity contribution in [3.8, 4) is 0 Å². The first-order valence-electron chi connectivity index (χ1n) is 10.2. The van der Waals surface area contributed by atoms with Crippen LogP contribution in [0.3, 0.4) is 0 Å². The number of hydrogen-bond acceptors (Lipinski definition) is 4. The normalized spacial score (nSPS) is 20.3. The lowest BCUT2D eigenvalue weighted by Gasteiger charge is -2.38. The van der Waals surface area contributed by atoms with Gasteiger partial charge in [0.2, 0.25) is 11.8 Å². The number of hydrogen-bond donors (Lipinski definition) is 1. The van der Waals surface area contributed by atoms with Gasteiger partial charge >= 0.3 is 0 Å². The highest BCUT2D eigenvalue weighted by atomic mass is 16.2. The molecule has 2 fully saturated rings. The number of nitrogens with one attached hydrogen (secondary N) is 1. The molecule has 2 amide bonds. The van der Waals surface area contributed by atoms with Crippen LogP contribution in [0.1, 0.15) is 31.7 Å². The number of rotatable bonds is 6. The van der Waals surface area contributed by atoms with Gasteiger partial charge in [0.1, 0.15) is 0 Å². The summed E-state index contributed by atoms with van der Waals surface area (Å²) < 4.78 is 0. The van der Waals surface area contributed by atoms with E-state index in [0.29, 0.717) is 13.1 Å². The van der Waals surface area contributed by atoms with Crippen LogP contribution >= 0.6 is 0 Å². The van der Waals surface area contributed by atoms with Crippen LogP contribution in [0.25, 0.3) is 0 Å². The molecule has 2 heterocycles. The third-order valence-corrected chi connectivity index (χ3v) is 5.71. The van der Waals surface area contributed by atoms with Gasteiger partial charge in [-0.05, 0) is 31.7 Å². The van der Waals surface area contributed by atoms with E-state index in [1.165, 1.54) is 6.42 Å². The summed E-state index contributed by atoms with van der Waals surface area (Å²) in [5, 5.41) is 3.03. The number of benzene rings is 1. The van der Waals surface area contributed by atoms with Crippen molar-refractivity contribution in [2.75, 3.05) is 45.8 Å². The van der Waals surface area contributed by atoms with Crippen molar-refractivity contribution in [3.63, 3.8) is 0 Å². The van der Waals surface area contributed by atoms with Crippen molar-refractivity contribution in [2.45, 2.75) is 38.8 Å². The molecule has 0 saturated carbocycles. The lowest BCUT2D eigenvalue weighted by atomic mass is 10.1. The summed E-state index contributed by atoms with van der Waals surface area (Å²) in [4.78, 5) is 31.3. The number of carbonyl (C=O) groups is 2. The molecule has 0 spiro atoms. The van der Waals surface area contributed by atoms with Crippen LogP contribution in [-0.4, -0.2) is 78.4 Å². The van der Waals surface area contributed by atoms with Crippen molar-refractivity contribution in [2.24, 2.45) is 0 Å². The zero-order valence-corrected chi connectivity index (χ0v) is 16.4. The average molecular weight is 373 g/mol. The summed E-state index contributed by atoms with van der Waals surface area (Å²) in [6.07, 6.45) is 3.51. The zero-order chi connectivity index (χ0) is 19.1. The van der Waals surface area contributed by atoms with E-state index >= 15 is 0 Å². The summed E-state index contributed by atoms with van der Waals surface area (Å²) in [5.74, 6) is 0.327. The number of nitrogens with zero attached hydrogens (tertiary/aromatic N) is 3. The Morgan fingerprint density at radius 2 is 1.63 bits per heavy atom. The lowest BCUT2D eigenvalue weighted by molar-refractivity contribution is -0.134. The van der Waals surface area contributed by atoms with Crippen molar-refractivity contribution in [1.82, 2.24) is 20.0 Å². The molecule has 148 valence electrons. The standard InChI is InChI=1S/C21H32N4O2/c1-18(21(27)22-16-19-8-4-2-5-9-19)24-14-12-23(13-15-24)17-20(26)25-10-6-3-7-11-25/h2,4-5,8-9,18H,3,6-7,10-17H2,1H3,(H,22,27)/t18-/m1/s1. The van der Waals surface area contributed by atoms with Crippen LogP contribution in [0.2, 0.25) is 0 Å². The highest BCUT2D eigenvalue weighted by molar-refractivity contribution is 5.81. The molecule has 1 N–H and O–H groups in total. The Labute approximate surface area is 162 Å². The van der Waals surface area contributed by atoms with Crippen LogP contribution < -0.4 is 5.32 Å². The van der Waals surface area contributed by atoms with Crippen molar-refractivity contribution >= 4 is 11.8 Å². The maximum Gasteiger partial charge on any atom is 0.237 e. The van der Waals surface area contributed by atoms with Crippen LogP contribution in [-0.2, 0) is 16.1 Å². The van der Waals surface area contributed by atoms with E-state index in [4.69, 9.17) is 0 Å². The molecule has 27 heavy (non-hydrogen) atoms. The van der Waals surface area contributed by atoms with E-state index in [9.17, 15) is 9.59 Å². The van der Waals surface area contributed by atoms with Gasteiger partial charge < -0.3 is 10.2 Å². The van der Waals surface area contributed by atoms with Crippen molar-refractivity contribution in [3.05, 3.63) is 35.9 Å². The first-order chi connectivity index (χ1) is 13.1. The van der Waals surface area contributed by atoms with Gasteiger partial charge in [0.05, 0.1) is 12.6 Å². The van der Waals surface area contributed by atoms with Crippen LogP contribution in [0.4, 0.5) is 0 Å². The minimum Gasteiger partial charge on any atom is -0.351 e. The molecular weight excluding hydrogens is 340 g/mol. The molecule has 1 aromatic carbocycles. The minimum atomic E-state index is -0.145. The van der Waals surface area contributed by atoms with E-state index in [2.05, 4.69) is 15.1 Å². The number of amides is 2. The van der Waals surface area contributed by atoms with E-state index in [-0.39, 0.29) is 17.9 Å². The highest BCUT2D eigenvalue weighted by Gasteiger charge is 2.27. The molecular formula is C21H32N4O2. The van der Waals surface area contributed by atoms with Gasteiger partial charge in [-0.2, -0.15) is 0 Å². The summed E-state index contributed by atoms with van der Waals surface area (Å²) in [6.45, 7) is 8.21. The second kappa shape index (κ2) is 9.85. The smallest absolute Gasteiger partial charge is 0.237 e. The number of piperidine rings is 1. The number of likely N-dealkylation sites (tertiary alicyclic amines) is 1. The second-order valence-electron chi connectivity index (χ2n) is 7.63. The third-order valence-electron chi connectivity index (χ3n) is 5.71. The average Bonchev–Trinajstić information content (AvgIpc) is 2.73. The van der Waals surface area contributed by atoms with E-state index in [1.54, 1.807) is 0 Å². The van der Waals surface area contributed by atoms with Gasteiger partial charge in [-0.15, -0.1) is 0 Å². The maximum atomic E-state index is 12.5. The number of carbonyl (C=O) groups excluding carboxylic acids is 2. The maximum absolute atomic E-state index is 12.5. The van der Waals surface area contributed by atoms with Crippen LogP contribution in [0, 0.1) is 0 Å². The largest absolute Gasteiger partial charge is 0.351 e. The molecule has 6 heteroatoms. The molecule has 0 bridgehead atoms. The SMILES string of the molecule is C[C@H](C(=O)NCc1ccccc1)N1CCN(CC(=O)N2CCCCC2)CC1. The molecule has 0 radical (unpaired) electrons. The highest BCUT2D eigenvalue weighted by Crippen LogP contribution is 2.11.